The molecule has 0 atom stereocenters. The van der Waals surface area contributed by atoms with Gasteiger partial charge in [-0.2, -0.15) is 18.2 Å². The number of nitrogens with one attached hydrogen (secondary N) is 1. The Morgan fingerprint density at radius 2 is 1.74 bits per heavy atom. The van der Waals surface area contributed by atoms with Gasteiger partial charge in [-0.15, -0.1) is 18.3 Å². The van der Waals surface area contributed by atoms with E-state index >= 15 is 0 Å². The highest BCUT2D eigenvalue weighted by Crippen LogP contribution is 2.34. The fraction of sp³-hybridized carbons (Fsp3) is 0.233. The van der Waals surface area contributed by atoms with E-state index in [1.165, 1.54) is 53.5 Å². The van der Waals surface area contributed by atoms with E-state index < -0.39 is 30.9 Å². The number of anilines is 1. The van der Waals surface area contributed by atoms with Crippen molar-refractivity contribution in [3.05, 3.63) is 89.7 Å². The average molecular weight is 663 g/mol. The molecule has 9 nitrogen and oxygen atoms in total. The fourth-order valence-corrected chi connectivity index (χ4v) is 5.37. The topological polar surface area (TPSA) is 102 Å². The van der Waals surface area contributed by atoms with Crippen molar-refractivity contribution in [1.82, 2.24) is 20.1 Å². The maximum absolute atomic E-state index is 13.2. The number of alkyl halides is 6. The third kappa shape index (κ3) is 8.44. The molecule has 0 unspecified atom stereocenters. The predicted molar refractivity (Wildman–Crippen MR) is 159 cm³/mol. The van der Waals surface area contributed by atoms with Crippen molar-refractivity contribution in [2.24, 2.45) is 4.99 Å². The number of benzene rings is 3. The second kappa shape index (κ2) is 13.2. The lowest BCUT2D eigenvalue weighted by atomic mass is 10.1. The number of amidine groups is 1. The zero-order valence-electron chi connectivity index (χ0n) is 23.9. The van der Waals surface area contributed by atoms with Crippen molar-refractivity contribution in [3.8, 4) is 22.8 Å². The van der Waals surface area contributed by atoms with E-state index in [1.54, 1.807) is 19.1 Å². The van der Waals surface area contributed by atoms with Crippen LogP contribution in [0, 0.1) is 6.92 Å². The normalized spacial score (nSPS) is 14.6. The molecule has 2 heterocycles. The summed E-state index contributed by atoms with van der Waals surface area (Å²) in [6.45, 7) is 1.88. The Bertz CT molecular complexity index is 1750. The molecule has 0 spiro atoms. The number of aryl methyl sites for hydroxylation is 1. The molecule has 1 aliphatic rings. The number of carbonyl (C=O) groups is 2. The molecule has 46 heavy (non-hydrogen) atoms. The van der Waals surface area contributed by atoms with Crippen LogP contribution in [0.1, 0.15) is 16.7 Å². The van der Waals surface area contributed by atoms with E-state index in [0.717, 1.165) is 22.2 Å². The molecular formula is C30H24F6N6O3S. The Balaban J connectivity index is 1.18. The number of thioether (sulfide) groups is 1. The second-order valence-corrected chi connectivity index (χ2v) is 11.0. The molecule has 1 aliphatic heterocycles. The van der Waals surface area contributed by atoms with Gasteiger partial charge < -0.3 is 10.1 Å². The minimum absolute atomic E-state index is 0.00148. The van der Waals surface area contributed by atoms with Crippen molar-refractivity contribution in [1.29, 1.82) is 0 Å². The van der Waals surface area contributed by atoms with Crippen molar-refractivity contribution < 1.29 is 40.7 Å². The summed E-state index contributed by atoms with van der Waals surface area (Å²) in [4.78, 5) is 34.5. The Labute approximate surface area is 262 Å². The zero-order chi connectivity index (χ0) is 33.1. The second-order valence-electron chi connectivity index (χ2n) is 10.1. The number of hydrogen-bond acceptors (Lipinski definition) is 6. The van der Waals surface area contributed by atoms with Crippen molar-refractivity contribution in [3.63, 3.8) is 0 Å². The van der Waals surface area contributed by atoms with Crippen LogP contribution in [-0.2, 0) is 17.6 Å². The summed E-state index contributed by atoms with van der Waals surface area (Å²) < 4.78 is 82.0. The average Bonchev–Trinajstić information content (AvgIpc) is 3.60. The van der Waals surface area contributed by atoms with Gasteiger partial charge in [0, 0.05) is 12.1 Å². The monoisotopic (exact) mass is 662 g/mol. The van der Waals surface area contributed by atoms with Gasteiger partial charge >= 0.3 is 18.6 Å². The van der Waals surface area contributed by atoms with Crippen molar-refractivity contribution >= 4 is 34.6 Å². The van der Waals surface area contributed by atoms with Crippen LogP contribution < -0.4 is 15.0 Å². The molecular weight excluding hydrogens is 638 g/mol. The first-order valence-electron chi connectivity index (χ1n) is 13.6. The molecule has 0 radical (unpaired) electrons. The van der Waals surface area contributed by atoms with Crippen LogP contribution in [0.2, 0.25) is 0 Å². The molecule has 0 aliphatic carbocycles. The zero-order valence-corrected chi connectivity index (χ0v) is 24.7. The minimum Gasteiger partial charge on any atom is -0.406 e. The number of aromatic nitrogens is 3. The third-order valence-electron chi connectivity index (χ3n) is 6.56. The lowest BCUT2D eigenvalue weighted by Crippen LogP contribution is -2.33. The number of carbonyl (C=O) groups excluding carboxylic acids is 2. The van der Waals surface area contributed by atoms with E-state index in [9.17, 15) is 35.9 Å². The molecule has 240 valence electrons. The molecule has 0 saturated carbocycles. The minimum atomic E-state index is -4.79. The van der Waals surface area contributed by atoms with Gasteiger partial charge in [0.2, 0.25) is 5.91 Å². The van der Waals surface area contributed by atoms with Crippen LogP contribution in [0.5, 0.6) is 5.75 Å². The van der Waals surface area contributed by atoms with E-state index in [2.05, 4.69) is 25.1 Å². The van der Waals surface area contributed by atoms with Crippen LogP contribution in [-0.4, -0.2) is 56.7 Å². The Hall–Kier alpha value is -4.86. The number of halogens is 6. The maximum Gasteiger partial charge on any atom is 0.573 e. The highest BCUT2D eigenvalue weighted by Gasteiger charge is 2.35. The summed E-state index contributed by atoms with van der Waals surface area (Å²) in [6.07, 6.45) is -8.66. The van der Waals surface area contributed by atoms with E-state index in [0.29, 0.717) is 29.1 Å². The summed E-state index contributed by atoms with van der Waals surface area (Å²) >= 11 is 0.971. The Morgan fingerprint density at radius 3 is 2.41 bits per heavy atom. The van der Waals surface area contributed by atoms with Crippen LogP contribution in [0.25, 0.3) is 17.1 Å². The van der Waals surface area contributed by atoms with Crippen LogP contribution >= 0.6 is 11.8 Å². The molecule has 1 saturated heterocycles. The summed E-state index contributed by atoms with van der Waals surface area (Å²) in [6, 6.07) is 15.9. The number of ether oxygens (including phenoxy) is 1. The third-order valence-corrected chi connectivity index (χ3v) is 7.49. The summed E-state index contributed by atoms with van der Waals surface area (Å²) in [5.41, 5.74) is 2.62. The molecule has 1 fully saturated rings. The lowest BCUT2D eigenvalue weighted by Gasteiger charge is -2.21. The Morgan fingerprint density at radius 1 is 1.02 bits per heavy atom. The molecule has 3 amide bonds. The van der Waals surface area contributed by atoms with Gasteiger partial charge in [0.25, 0.3) is 0 Å². The predicted octanol–water partition coefficient (Wildman–Crippen LogP) is 6.63. The number of aliphatic imine (C=N–C) groups is 1. The van der Waals surface area contributed by atoms with Gasteiger partial charge in [-0.05, 0) is 60.4 Å². The number of rotatable bonds is 8. The molecule has 0 bridgehead atoms. The van der Waals surface area contributed by atoms with E-state index in [-0.39, 0.29) is 34.5 Å². The standard InChI is InChI=1S/C30H24F6N6O3S/c1-18-2-5-21(15-29(31,32)33)24(14-18)42-25(43)16-46-28(42)39-27(44)37-13-12-19-3-6-20(7-4-19)26-38-17-41(40-26)22-8-10-23(11-9-22)45-30(34,35)36/h2-11,14,17H,12-13,15-16H2,1H3,(H,37,44)/b39-28-. The smallest absolute Gasteiger partial charge is 0.406 e. The first kappa shape index (κ1) is 32.5. The van der Waals surface area contributed by atoms with E-state index in [1.807, 2.05) is 12.1 Å². The summed E-state index contributed by atoms with van der Waals surface area (Å²) in [7, 11) is 0. The highest BCUT2D eigenvalue weighted by atomic mass is 32.2. The first-order chi connectivity index (χ1) is 21.7. The number of hydrogen-bond donors (Lipinski definition) is 1. The molecule has 1 N–H and O–H groups in total. The van der Waals surface area contributed by atoms with Gasteiger partial charge in [0.1, 0.15) is 12.1 Å². The molecule has 1 aromatic heterocycles. The largest absolute Gasteiger partial charge is 0.573 e. The molecule has 5 rings (SSSR count). The number of amides is 3. The van der Waals surface area contributed by atoms with Crippen LogP contribution in [0.3, 0.4) is 0 Å². The summed E-state index contributed by atoms with van der Waals surface area (Å²) in [5.74, 6) is -0.510. The molecule has 4 aromatic rings. The van der Waals surface area contributed by atoms with E-state index in [4.69, 9.17) is 0 Å². The van der Waals surface area contributed by atoms with Gasteiger partial charge in [-0.3, -0.25) is 9.69 Å². The maximum atomic E-state index is 13.2. The number of urea groups is 1. The highest BCUT2D eigenvalue weighted by molar-refractivity contribution is 8.15. The number of nitrogens with zero attached hydrogens (tertiary/aromatic N) is 5. The first-order valence-corrected chi connectivity index (χ1v) is 14.6. The molecule has 3 aromatic carbocycles. The van der Waals surface area contributed by atoms with Crippen LogP contribution in [0.4, 0.5) is 36.8 Å². The SMILES string of the molecule is Cc1ccc(CC(F)(F)F)c(N2C(=O)CS/C2=N\C(=O)NCCc2ccc(-c3ncn(-c4ccc(OC(F)(F)F)cc4)n3)cc2)c1. The molecule has 16 heteroatoms. The van der Waals surface area contributed by atoms with Crippen LogP contribution in [0.15, 0.2) is 78.0 Å². The Kier molecular flexibility index (Phi) is 9.37. The van der Waals surface area contributed by atoms with Crippen molar-refractivity contribution in [2.45, 2.75) is 32.3 Å². The van der Waals surface area contributed by atoms with Crippen molar-refractivity contribution in [2.75, 3.05) is 17.2 Å². The van der Waals surface area contributed by atoms with Gasteiger partial charge in [0.15, 0.2) is 11.0 Å². The van der Waals surface area contributed by atoms with Gasteiger partial charge in [-0.1, -0.05) is 48.2 Å². The quantitative estimate of drug-likeness (QED) is 0.213. The lowest BCUT2D eigenvalue weighted by molar-refractivity contribution is -0.274. The van der Waals surface area contributed by atoms with Gasteiger partial charge in [-0.25, -0.2) is 14.5 Å². The summed E-state index contributed by atoms with van der Waals surface area (Å²) in [5, 5.41) is 7.00. The van der Waals surface area contributed by atoms with Gasteiger partial charge in [0.05, 0.1) is 23.5 Å². The fourth-order valence-electron chi connectivity index (χ4n) is 4.51.